The van der Waals surface area contributed by atoms with Gasteiger partial charge in [0.1, 0.15) is 18.1 Å². The number of benzene rings is 8. The summed E-state index contributed by atoms with van der Waals surface area (Å²) in [6.07, 6.45) is 0. The minimum Gasteiger partial charge on any atom is -0.236 e. The van der Waals surface area contributed by atoms with Crippen molar-refractivity contribution in [3.8, 4) is 54.5 Å². The van der Waals surface area contributed by atoms with Crippen molar-refractivity contribution < 1.29 is 0 Å². The molecule has 2 nitrogen and oxygen atoms in total. The van der Waals surface area contributed by atoms with Crippen LogP contribution in [0.5, 0.6) is 0 Å². The predicted molar refractivity (Wildman–Crippen MR) is 249 cm³/mol. The largest absolute Gasteiger partial charge is 0.236 e. The molecular formula is C53H36N2S2Si. The fourth-order valence-corrected chi connectivity index (χ4v) is 15.1. The molecule has 0 bridgehead atoms. The van der Waals surface area contributed by atoms with E-state index in [1.54, 1.807) is 22.7 Å². The van der Waals surface area contributed by atoms with Crippen molar-refractivity contribution in [1.82, 2.24) is 9.97 Å². The maximum atomic E-state index is 5.10. The highest BCUT2D eigenvalue weighted by Crippen LogP contribution is 2.57. The molecule has 58 heavy (non-hydrogen) atoms. The molecule has 0 saturated carbocycles. The number of thiazole rings is 2. The average Bonchev–Trinajstić information content (AvgIpc) is 3.99. The molecule has 1 spiro atoms. The molecule has 5 heteroatoms. The number of fused-ring (bicyclic) bond motifs is 11. The van der Waals surface area contributed by atoms with Gasteiger partial charge < -0.3 is 0 Å². The zero-order chi connectivity index (χ0) is 38.6. The Morgan fingerprint density at radius 1 is 0.379 bits per heavy atom. The lowest BCUT2D eigenvalue weighted by molar-refractivity contribution is 0.773. The van der Waals surface area contributed by atoms with E-state index in [0.717, 1.165) is 37.7 Å². The smallest absolute Gasteiger partial charge is 0.124 e. The van der Waals surface area contributed by atoms with Crippen molar-refractivity contribution in [2.75, 3.05) is 0 Å². The fraction of sp³-hybridized carbons (Fsp3) is 0.0566. The maximum Gasteiger partial charge on any atom is 0.124 e. The topological polar surface area (TPSA) is 25.8 Å². The van der Waals surface area contributed by atoms with Crippen molar-refractivity contribution >= 4 is 61.6 Å². The number of rotatable bonds is 4. The first-order chi connectivity index (χ1) is 28.5. The first kappa shape index (κ1) is 33.9. The Bertz CT molecular complexity index is 3090. The van der Waals surface area contributed by atoms with E-state index in [4.69, 9.17) is 9.97 Å². The van der Waals surface area contributed by atoms with Gasteiger partial charge in [0, 0.05) is 11.1 Å². The van der Waals surface area contributed by atoms with Crippen molar-refractivity contribution in [2.45, 2.75) is 18.5 Å². The third kappa shape index (κ3) is 4.88. The summed E-state index contributed by atoms with van der Waals surface area (Å²) >= 11 is 3.49. The summed E-state index contributed by atoms with van der Waals surface area (Å²) < 4.78 is 2.38. The van der Waals surface area contributed by atoms with E-state index in [1.807, 2.05) is 0 Å². The average molecular weight is 793 g/mol. The standard InChI is InChI=1S/C53H36N2S2Si/c1-58(2)49-24-11-5-18-42(49)53(43-19-6-12-25-50(43)58)41-17-4-3-16-39(41)40-27-26-35(32-44(40)53)33-14-13-15-34(28-33)36-29-37(51-54-45-20-7-9-22-47(45)56-51)31-38(30-36)52-55-46-21-8-10-23-48(46)57-52/h3-32H,1-2H3. The van der Waals surface area contributed by atoms with Crippen molar-refractivity contribution in [3.63, 3.8) is 0 Å². The van der Waals surface area contributed by atoms with Gasteiger partial charge in [-0.05, 0) is 121 Å². The minimum absolute atomic E-state index is 0.396. The van der Waals surface area contributed by atoms with Gasteiger partial charge in [-0.3, -0.25) is 0 Å². The molecule has 1 aliphatic carbocycles. The van der Waals surface area contributed by atoms with Crippen LogP contribution in [0.1, 0.15) is 22.3 Å². The number of hydrogen-bond acceptors (Lipinski definition) is 4. The van der Waals surface area contributed by atoms with E-state index in [1.165, 1.54) is 69.8 Å². The van der Waals surface area contributed by atoms with Crippen LogP contribution in [-0.2, 0) is 5.41 Å². The van der Waals surface area contributed by atoms with Gasteiger partial charge in [-0.2, -0.15) is 0 Å². The van der Waals surface area contributed by atoms with Gasteiger partial charge in [-0.1, -0.05) is 140 Å². The predicted octanol–water partition coefficient (Wildman–Crippen LogP) is 13.1. The molecule has 12 rings (SSSR count). The summed E-state index contributed by atoms with van der Waals surface area (Å²) in [4.78, 5) is 10.2. The molecule has 0 radical (unpaired) electrons. The van der Waals surface area contributed by atoms with E-state index in [9.17, 15) is 0 Å². The lowest BCUT2D eigenvalue weighted by Crippen LogP contribution is -2.63. The monoisotopic (exact) mass is 792 g/mol. The molecule has 0 atom stereocenters. The molecule has 0 N–H and O–H groups in total. The lowest BCUT2D eigenvalue weighted by atomic mass is 9.67. The summed E-state index contributed by atoms with van der Waals surface area (Å²) in [5, 5.41) is 5.09. The van der Waals surface area contributed by atoms with Crippen molar-refractivity contribution in [2.24, 2.45) is 0 Å². The van der Waals surface area contributed by atoms with Gasteiger partial charge >= 0.3 is 0 Å². The van der Waals surface area contributed by atoms with Crippen LogP contribution < -0.4 is 10.4 Å². The second kappa shape index (κ2) is 12.6. The van der Waals surface area contributed by atoms with Crippen molar-refractivity contribution in [3.05, 3.63) is 204 Å². The van der Waals surface area contributed by atoms with E-state index >= 15 is 0 Å². The van der Waals surface area contributed by atoms with Crippen LogP contribution in [0, 0.1) is 0 Å². The van der Waals surface area contributed by atoms with E-state index in [2.05, 4.69) is 195 Å². The number of nitrogens with zero attached hydrogens (tertiary/aromatic N) is 2. The zero-order valence-corrected chi connectivity index (χ0v) is 34.7. The first-order valence-electron chi connectivity index (χ1n) is 19.9. The Hall–Kier alpha value is -6.24. The highest BCUT2D eigenvalue weighted by atomic mass is 32.1. The molecule has 0 amide bonds. The molecule has 0 unspecified atom stereocenters. The molecule has 1 aliphatic heterocycles. The van der Waals surface area contributed by atoms with Crippen LogP contribution in [0.3, 0.4) is 0 Å². The van der Waals surface area contributed by atoms with E-state index in [0.29, 0.717) is 0 Å². The Morgan fingerprint density at radius 2 is 0.845 bits per heavy atom. The molecule has 3 heterocycles. The number of hydrogen-bond donors (Lipinski definition) is 0. The normalized spacial score (nSPS) is 14.3. The van der Waals surface area contributed by atoms with Gasteiger partial charge in [-0.25, -0.2) is 9.97 Å². The van der Waals surface area contributed by atoms with Gasteiger partial charge in [0.15, 0.2) is 0 Å². The Labute approximate surface area is 346 Å². The second-order valence-electron chi connectivity index (χ2n) is 16.1. The molecule has 10 aromatic rings. The molecule has 2 aromatic heterocycles. The summed E-state index contributed by atoms with van der Waals surface area (Å²) in [5.74, 6) is 0. The number of para-hydroxylation sites is 2. The van der Waals surface area contributed by atoms with Crippen LogP contribution in [0.2, 0.25) is 13.1 Å². The van der Waals surface area contributed by atoms with Gasteiger partial charge in [0.2, 0.25) is 0 Å². The quantitative estimate of drug-likeness (QED) is 0.166. The molecule has 0 saturated heterocycles. The van der Waals surface area contributed by atoms with Crippen LogP contribution in [0.25, 0.3) is 75.0 Å². The van der Waals surface area contributed by atoms with Crippen molar-refractivity contribution in [1.29, 1.82) is 0 Å². The van der Waals surface area contributed by atoms with Crippen LogP contribution >= 0.6 is 22.7 Å². The molecule has 2 aliphatic rings. The zero-order valence-electron chi connectivity index (χ0n) is 32.0. The van der Waals surface area contributed by atoms with Gasteiger partial charge in [0.25, 0.3) is 0 Å². The Morgan fingerprint density at radius 3 is 1.47 bits per heavy atom. The van der Waals surface area contributed by atoms with Gasteiger partial charge in [0.05, 0.1) is 25.8 Å². The molecule has 0 fully saturated rings. The molecule has 8 aromatic carbocycles. The maximum absolute atomic E-state index is 5.10. The SMILES string of the molecule is C[Si]1(C)c2ccccc2C2(c3ccccc3-c3ccc(-c4cccc(-c5cc(-c6nc7ccccc7s6)cc(-c6nc7ccccc7s6)c5)c4)cc32)c2ccccc21. The molecular weight excluding hydrogens is 757 g/mol. The Balaban J connectivity index is 1.04. The van der Waals surface area contributed by atoms with E-state index in [-0.39, 0.29) is 0 Å². The first-order valence-corrected chi connectivity index (χ1v) is 24.5. The van der Waals surface area contributed by atoms with Crippen LogP contribution in [0.4, 0.5) is 0 Å². The Kier molecular flexibility index (Phi) is 7.37. The third-order valence-corrected chi connectivity index (χ3v) is 18.3. The highest BCUT2D eigenvalue weighted by molar-refractivity contribution is 7.22. The van der Waals surface area contributed by atoms with Gasteiger partial charge in [-0.15, -0.1) is 22.7 Å². The summed E-state index contributed by atoms with van der Waals surface area (Å²) in [7, 11) is -1.98. The lowest BCUT2D eigenvalue weighted by Gasteiger charge is -2.46. The third-order valence-electron chi connectivity index (χ3n) is 12.6. The summed E-state index contributed by atoms with van der Waals surface area (Å²) in [6, 6.07) is 67.8. The molecule has 274 valence electrons. The second-order valence-corrected chi connectivity index (χ2v) is 22.5. The summed E-state index contributed by atoms with van der Waals surface area (Å²) in [5.41, 5.74) is 16.9. The number of aromatic nitrogens is 2. The summed E-state index contributed by atoms with van der Waals surface area (Å²) in [6.45, 7) is 5.05. The van der Waals surface area contributed by atoms with Crippen LogP contribution in [0.15, 0.2) is 182 Å². The van der Waals surface area contributed by atoms with E-state index < -0.39 is 13.5 Å². The minimum atomic E-state index is -1.98. The fourth-order valence-electron chi connectivity index (χ4n) is 9.95. The van der Waals surface area contributed by atoms with Crippen LogP contribution in [-0.4, -0.2) is 18.0 Å². The highest BCUT2D eigenvalue weighted by Gasteiger charge is 2.53.